The van der Waals surface area contributed by atoms with Gasteiger partial charge in [-0.2, -0.15) is 11.3 Å². The lowest BCUT2D eigenvalue weighted by molar-refractivity contribution is 0.0934. The molecule has 1 aliphatic rings. The van der Waals surface area contributed by atoms with Gasteiger partial charge in [-0.1, -0.05) is 0 Å². The number of hydrogen-bond donors (Lipinski definition) is 1. The van der Waals surface area contributed by atoms with Gasteiger partial charge in [0, 0.05) is 31.9 Å². The summed E-state index contributed by atoms with van der Waals surface area (Å²) in [5.41, 5.74) is 1.83. The van der Waals surface area contributed by atoms with Gasteiger partial charge in [-0.15, -0.1) is 0 Å². The number of methoxy groups -OCH3 is 1. The minimum absolute atomic E-state index is 0.118. The molecule has 6 heteroatoms. The van der Waals surface area contributed by atoms with E-state index in [2.05, 4.69) is 32.0 Å². The Morgan fingerprint density at radius 3 is 3.23 bits per heavy atom. The molecule has 2 aromatic heterocycles. The molecule has 0 aliphatic carbocycles. The second-order valence-electron chi connectivity index (χ2n) is 5.39. The molecule has 3 heterocycles. The Morgan fingerprint density at radius 1 is 1.55 bits per heavy atom. The molecule has 1 saturated heterocycles. The zero-order valence-electron chi connectivity index (χ0n) is 12.5. The average Bonchev–Trinajstić information content (AvgIpc) is 3.20. The van der Waals surface area contributed by atoms with Gasteiger partial charge in [0.1, 0.15) is 5.56 Å². The van der Waals surface area contributed by atoms with Gasteiger partial charge in [0.15, 0.2) is 0 Å². The molecule has 0 spiro atoms. The van der Waals surface area contributed by atoms with Crippen LogP contribution in [0.15, 0.2) is 35.2 Å². The molecule has 2 aromatic rings. The molecular weight excluding hydrogens is 298 g/mol. The number of thiophene rings is 1. The SMILES string of the molecule is COc1ncccc1C(=O)N[C@H]1CCN(Cc2ccsc2)C1. The Kier molecular flexibility index (Phi) is 4.70. The predicted molar refractivity (Wildman–Crippen MR) is 86.3 cm³/mol. The molecule has 0 radical (unpaired) electrons. The zero-order valence-corrected chi connectivity index (χ0v) is 13.3. The van der Waals surface area contributed by atoms with Crippen molar-refractivity contribution < 1.29 is 9.53 Å². The minimum Gasteiger partial charge on any atom is -0.480 e. The van der Waals surface area contributed by atoms with Crippen LogP contribution in [0.3, 0.4) is 0 Å². The molecule has 1 fully saturated rings. The van der Waals surface area contributed by atoms with Gasteiger partial charge in [0.05, 0.1) is 7.11 Å². The standard InChI is InChI=1S/C16H19N3O2S/c1-21-16-14(3-2-6-17-16)15(20)18-13-4-7-19(10-13)9-12-5-8-22-11-12/h2-3,5-6,8,11,13H,4,7,9-10H2,1H3,(H,18,20)/t13-/m0/s1. The lowest BCUT2D eigenvalue weighted by atomic mass is 10.2. The number of aromatic nitrogens is 1. The van der Waals surface area contributed by atoms with E-state index in [4.69, 9.17) is 4.74 Å². The van der Waals surface area contributed by atoms with E-state index < -0.39 is 0 Å². The van der Waals surface area contributed by atoms with Crippen molar-refractivity contribution in [3.63, 3.8) is 0 Å². The van der Waals surface area contributed by atoms with Crippen molar-refractivity contribution in [3.05, 3.63) is 46.3 Å². The lowest BCUT2D eigenvalue weighted by Crippen LogP contribution is -2.37. The highest BCUT2D eigenvalue weighted by Crippen LogP contribution is 2.17. The number of pyridine rings is 1. The molecule has 0 unspecified atom stereocenters. The van der Waals surface area contributed by atoms with Crippen molar-refractivity contribution >= 4 is 17.2 Å². The maximum absolute atomic E-state index is 12.4. The molecule has 0 saturated carbocycles. The van der Waals surface area contributed by atoms with Crippen LogP contribution in [0, 0.1) is 0 Å². The summed E-state index contributed by atoms with van der Waals surface area (Å²) in [6, 6.07) is 5.81. The number of carbonyl (C=O) groups excluding carboxylic acids is 1. The first-order chi connectivity index (χ1) is 10.8. The Balaban J connectivity index is 1.56. The number of hydrogen-bond acceptors (Lipinski definition) is 5. The molecule has 0 aromatic carbocycles. The highest BCUT2D eigenvalue weighted by Gasteiger charge is 2.25. The normalized spacial score (nSPS) is 18.3. The highest BCUT2D eigenvalue weighted by atomic mass is 32.1. The van der Waals surface area contributed by atoms with E-state index in [1.54, 1.807) is 29.7 Å². The second-order valence-corrected chi connectivity index (χ2v) is 6.17. The molecule has 116 valence electrons. The van der Waals surface area contributed by atoms with Crippen molar-refractivity contribution in [2.75, 3.05) is 20.2 Å². The largest absolute Gasteiger partial charge is 0.480 e. The number of ether oxygens (including phenoxy) is 1. The summed E-state index contributed by atoms with van der Waals surface area (Å²) in [4.78, 5) is 18.8. The fourth-order valence-corrected chi connectivity index (χ4v) is 3.38. The number of likely N-dealkylation sites (tertiary alicyclic amines) is 1. The molecular formula is C16H19N3O2S. The third-order valence-electron chi connectivity index (χ3n) is 3.80. The molecule has 5 nitrogen and oxygen atoms in total. The number of nitrogens with one attached hydrogen (secondary N) is 1. The van der Waals surface area contributed by atoms with Crippen LogP contribution in [0.4, 0.5) is 0 Å². The first-order valence-electron chi connectivity index (χ1n) is 7.29. The van der Waals surface area contributed by atoms with E-state index in [-0.39, 0.29) is 11.9 Å². The van der Waals surface area contributed by atoms with Gasteiger partial charge >= 0.3 is 0 Å². The smallest absolute Gasteiger partial charge is 0.257 e. The number of nitrogens with zero attached hydrogens (tertiary/aromatic N) is 2. The summed E-state index contributed by atoms with van der Waals surface area (Å²) >= 11 is 1.72. The first-order valence-corrected chi connectivity index (χ1v) is 8.24. The molecule has 0 bridgehead atoms. The molecule has 1 aliphatic heterocycles. The second kappa shape index (κ2) is 6.89. The predicted octanol–water partition coefficient (Wildman–Crippen LogP) is 2.16. The van der Waals surface area contributed by atoms with E-state index >= 15 is 0 Å². The molecule has 1 atom stereocenters. The van der Waals surface area contributed by atoms with Gasteiger partial charge < -0.3 is 10.1 Å². The van der Waals surface area contributed by atoms with Crippen molar-refractivity contribution in [1.29, 1.82) is 0 Å². The monoisotopic (exact) mass is 317 g/mol. The summed E-state index contributed by atoms with van der Waals surface area (Å²) in [7, 11) is 1.53. The van der Waals surface area contributed by atoms with E-state index in [1.807, 2.05) is 0 Å². The van der Waals surface area contributed by atoms with Crippen molar-refractivity contribution in [2.45, 2.75) is 19.0 Å². The molecule has 1 amide bonds. The molecule has 22 heavy (non-hydrogen) atoms. The number of amides is 1. The van der Waals surface area contributed by atoms with Crippen LogP contribution in [-0.2, 0) is 6.54 Å². The van der Waals surface area contributed by atoms with Crippen LogP contribution >= 0.6 is 11.3 Å². The Bertz CT molecular complexity index is 630. The van der Waals surface area contributed by atoms with Crippen molar-refractivity contribution in [3.8, 4) is 5.88 Å². The van der Waals surface area contributed by atoms with Gasteiger partial charge in [0.2, 0.25) is 5.88 Å². The summed E-state index contributed by atoms with van der Waals surface area (Å²) < 4.78 is 5.14. The number of carbonyl (C=O) groups is 1. The minimum atomic E-state index is -0.118. The van der Waals surface area contributed by atoms with Gasteiger partial charge in [-0.3, -0.25) is 9.69 Å². The van der Waals surface area contributed by atoms with E-state index in [0.717, 1.165) is 26.1 Å². The van der Waals surface area contributed by atoms with E-state index in [1.165, 1.54) is 12.7 Å². The lowest BCUT2D eigenvalue weighted by Gasteiger charge is -2.16. The number of rotatable bonds is 5. The van der Waals surface area contributed by atoms with Crippen LogP contribution < -0.4 is 10.1 Å². The summed E-state index contributed by atoms with van der Waals surface area (Å²) in [5, 5.41) is 7.35. The van der Waals surface area contributed by atoms with Gasteiger partial charge in [-0.05, 0) is 40.9 Å². The van der Waals surface area contributed by atoms with Crippen LogP contribution in [-0.4, -0.2) is 42.0 Å². The maximum Gasteiger partial charge on any atom is 0.257 e. The van der Waals surface area contributed by atoms with Crippen molar-refractivity contribution in [1.82, 2.24) is 15.2 Å². The summed E-state index contributed by atoms with van der Waals surface area (Å²) in [6.45, 7) is 2.83. The molecule has 1 N–H and O–H groups in total. The van der Waals surface area contributed by atoms with E-state index in [0.29, 0.717) is 11.4 Å². The van der Waals surface area contributed by atoms with Crippen LogP contribution in [0.2, 0.25) is 0 Å². The fraction of sp³-hybridized carbons (Fsp3) is 0.375. The third-order valence-corrected chi connectivity index (χ3v) is 4.54. The van der Waals surface area contributed by atoms with Crippen LogP contribution in [0.25, 0.3) is 0 Å². The Hall–Kier alpha value is -1.92. The van der Waals surface area contributed by atoms with Crippen LogP contribution in [0.1, 0.15) is 22.3 Å². The maximum atomic E-state index is 12.4. The fourth-order valence-electron chi connectivity index (χ4n) is 2.72. The zero-order chi connectivity index (χ0) is 15.4. The highest BCUT2D eigenvalue weighted by molar-refractivity contribution is 7.07. The average molecular weight is 317 g/mol. The Labute approximate surface area is 133 Å². The Morgan fingerprint density at radius 2 is 2.45 bits per heavy atom. The topological polar surface area (TPSA) is 54.5 Å². The molecule has 3 rings (SSSR count). The van der Waals surface area contributed by atoms with Crippen molar-refractivity contribution in [2.24, 2.45) is 0 Å². The third kappa shape index (κ3) is 3.45. The first kappa shape index (κ1) is 15.0. The van der Waals surface area contributed by atoms with E-state index in [9.17, 15) is 4.79 Å². The summed E-state index contributed by atoms with van der Waals surface area (Å²) in [6.07, 6.45) is 2.59. The van der Waals surface area contributed by atoms with Gasteiger partial charge in [0.25, 0.3) is 5.91 Å². The van der Waals surface area contributed by atoms with Gasteiger partial charge in [-0.25, -0.2) is 4.98 Å². The summed E-state index contributed by atoms with van der Waals surface area (Å²) in [5.74, 6) is 0.250. The van der Waals surface area contributed by atoms with Crippen LogP contribution in [0.5, 0.6) is 5.88 Å². The quantitative estimate of drug-likeness (QED) is 0.918.